The smallest absolute Gasteiger partial charge is 0.143 e. The first-order chi connectivity index (χ1) is 6.20. The Balaban J connectivity index is 2.60. The number of halogens is 2. The van der Waals surface area contributed by atoms with Gasteiger partial charge in [0.2, 0.25) is 0 Å². The van der Waals surface area contributed by atoms with Gasteiger partial charge in [0.05, 0.1) is 11.6 Å². The van der Waals surface area contributed by atoms with Gasteiger partial charge in [-0.05, 0) is 18.6 Å². The number of thiol groups is 1. The molecule has 1 atom stereocenters. The SMILES string of the molecule is SC1CCOc2c(Cl)ccc(Cl)c21. The summed E-state index contributed by atoms with van der Waals surface area (Å²) in [6, 6.07) is 3.52. The minimum atomic E-state index is 0.134. The zero-order chi connectivity index (χ0) is 9.42. The van der Waals surface area contributed by atoms with Crippen molar-refractivity contribution < 1.29 is 4.74 Å². The third-order valence-corrected chi connectivity index (χ3v) is 3.21. The molecule has 0 saturated heterocycles. The van der Waals surface area contributed by atoms with Gasteiger partial charge in [-0.1, -0.05) is 23.2 Å². The normalized spacial score (nSPS) is 20.7. The third-order valence-electron chi connectivity index (χ3n) is 2.07. The zero-order valence-electron chi connectivity index (χ0n) is 6.76. The van der Waals surface area contributed by atoms with Gasteiger partial charge in [-0.3, -0.25) is 0 Å². The molecule has 0 aliphatic carbocycles. The highest BCUT2D eigenvalue weighted by Crippen LogP contribution is 2.44. The molecule has 0 saturated carbocycles. The lowest BCUT2D eigenvalue weighted by Crippen LogP contribution is -2.11. The van der Waals surface area contributed by atoms with Crippen LogP contribution in [0.3, 0.4) is 0 Å². The molecule has 13 heavy (non-hydrogen) atoms. The molecule has 1 heterocycles. The van der Waals surface area contributed by atoms with Crippen LogP contribution in [-0.4, -0.2) is 6.61 Å². The Bertz CT molecular complexity index is 341. The van der Waals surface area contributed by atoms with Crippen LogP contribution in [0.5, 0.6) is 5.75 Å². The monoisotopic (exact) mass is 234 g/mol. The Labute approximate surface area is 92.4 Å². The van der Waals surface area contributed by atoms with Crippen LogP contribution in [0.25, 0.3) is 0 Å². The molecule has 0 bridgehead atoms. The van der Waals surface area contributed by atoms with Crippen molar-refractivity contribution in [3.05, 3.63) is 27.7 Å². The van der Waals surface area contributed by atoms with Gasteiger partial charge in [0.15, 0.2) is 0 Å². The summed E-state index contributed by atoms with van der Waals surface area (Å²) in [6.45, 7) is 0.654. The standard InChI is InChI=1S/C9H8Cl2OS/c10-5-1-2-6(11)9-8(5)7(13)3-4-12-9/h1-2,7,13H,3-4H2. The van der Waals surface area contributed by atoms with Crippen LogP contribution >= 0.6 is 35.8 Å². The number of benzene rings is 1. The van der Waals surface area contributed by atoms with Crippen LogP contribution in [0, 0.1) is 0 Å². The van der Waals surface area contributed by atoms with Gasteiger partial charge in [-0.25, -0.2) is 0 Å². The van der Waals surface area contributed by atoms with Crippen molar-refractivity contribution in [3.8, 4) is 5.75 Å². The largest absolute Gasteiger partial charge is 0.492 e. The molecule has 1 aromatic rings. The van der Waals surface area contributed by atoms with Crippen LogP contribution in [0.15, 0.2) is 12.1 Å². The van der Waals surface area contributed by atoms with Crippen LogP contribution in [0.4, 0.5) is 0 Å². The van der Waals surface area contributed by atoms with Gasteiger partial charge in [-0.2, -0.15) is 12.6 Å². The van der Waals surface area contributed by atoms with Gasteiger partial charge in [0, 0.05) is 15.8 Å². The average molecular weight is 235 g/mol. The molecule has 0 amide bonds. The van der Waals surface area contributed by atoms with Crippen molar-refractivity contribution in [1.29, 1.82) is 0 Å². The summed E-state index contributed by atoms with van der Waals surface area (Å²) in [5.41, 5.74) is 0.920. The summed E-state index contributed by atoms with van der Waals surface area (Å²) in [4.78, 5) is 0. The molecule has 1 nitrogen and oxygen atoms in total. The number of hydrogen-bond donors (Lipinski definition) is 1. The van der Waals surface area contributed by atoms with E-state index in [1.807, 2.05) is 0 Å². The first-order valence-electron chi connectivity index (χ1n) is 3.99. The fourth-order valence-electron chi connectivity index (χ4n) is 1.42. The minimum Gasteiger partial charge on any atom is -0.492 e. The van der Waals surface area contributed by atoms with E-state index in [0.717, 1.165) is 12.0 Å². The highest BCUT2D eigenvalue weighted by molar-refractivity contribution is 7.80. The van der Waals surface area contributed by atoms with Crippen LogP contribution in [0.1, 0.15) is 17.2 Å². The minimum absolute atomic E-state index is 0.134. The second-order valence-electron chi connectivity index (χ2n) is 2.92. The Morgan fingerprint density at radius 2 is 2.00 bits per heavy atom. The van der Waals surface area contributed by atoms with Crippen molar-refractivity contribution in [2.24, 2.45) is 0 Å². The predicted octanol–water partition coefficient (Wildman–Crippen LogP) is 3.75. The Morgan fingerprint density at radius 3 is 2.69 bits per heavy atom. The Hall–Kier alpha value is -0.0500. The van der Waals surface area contributed by atoms with Crippen molar-refractivity contribution in [2.75, 3.05) is 6.61 Å². The lowest BCUT2D eigenvalue weighted by Gasteiger charge is -2.24. The summed E-state index contributed by atoms with van der Waals surface area (Å²) in [7, 11) is 0. The molecular formula is C9H8Cl2OS. The molecule has 70 valence electrons. The molecule has 1 aliphatic rings. The van der Waals surface area contributed by atoms with Crippen LogP contribution in [0.2, 0.25) is 10.0 Å². The molecule has 0 N–H and O–H groups in total. The number of fused-ring (bicyclic) bond motifs is 1. The molecule has 0 aromatic heterocycles. The van der Waals surface area contributed by atoms with E-state index in [0.29, 0.717) is 22.4 Å². The maximum Gasteiger partial charge on any atom is 0.143 e. The Kier molecular flexibility index (Phi) is 2.63. The van der Waals surface area contributed by atoms with E-state index >= 15 is 0 Å². The van der Waals surface area contributed by atoms with Crippen molar-refractivity contribution in [1.82, 2.24) is 0 Å². The van der Waals surface area contributed by atoms with E-state index in [4.69, 9.17) is 27.9 Å². The van der Waals surface area contributed by atoms with Crippen LogP contribution in [-0.2, 0) is 0 Å². The summed E-state index contributed by atoms with van der Waals surface area (Å²) >= 11 is 16.4. The molecular weight excluding hydrogens is 227 g/mol. The lowest BCUT2D eigenvalue weighted by atomic mass is 10.1. The van der Waals surface area contributed by atoms with E-state index in [9.17, 15) is 0 Å². The number of ether oxygens (including phenoxy) is 1. The predicted molar refractivity (Wildman–Crippen MR) is 58.3 cm³/mol. The second kappa shape index (κ2) is 3.60. The van der Waals surface area contributed by atoms with E-state index in [-0.39, 0.29) is 5.25 Å². The van der Waals surface area contributed by atoms with Crippen molar-refractivity contribution in [2.45, 2.75) is 11.7 Å². The summed E-state index contributed by atoms with van der Waals surface area (Å²) < 4.78 is 5.44. The molecule has 1 aromatic carbocycles. The third kappa shape index (κ3) is 1.63. The second-order valence-corrected chi connectivity index (χ2v) is 4.36. The van der Waals surface area contributed by atoms with E-state index in [1.165, 1.54) is 0 Å². The summed E-state index contributed by atoms with van der Waals surface area (Å²) in [5, 5.41) is 1.42. The van der Waals surface area contributed by atoms with Gasteiger partial charge < -0.3 is 4.74 Å². The first-order valence-corrected chi connectivity index (χ1v) is 5.26. The van der Waals surface area contributed by atoms with E-state index in [2.05, 4.69) is 12.6 Å². The maximum absolute atomic E-state index is 6.02. The van der Waals surface area contributed by atoms with Gasteiger partial charge >= 0.3 is 0 Å². The highest BCUT2D eigenvalue weighted by atomic mass is 35.5. The molecule has 1 aliphatic heterocycles. The summed E-state index contributed by atoms with van der Waals surface area (Å²) in [5.74, 6) is 0.695. The first kappa shape index (κ1) is 9.50. The quantitative estimate of drug-likeness (QED) is 0.674. The fourth-order valence-corrected chi connectivity index (χ4v) is 2.36. The lowest BCUT2D eigenvalue weighted by molar-refractivity contribution is 0.287. The molecule has 4 heteroatoms. The van der Waals surface area contributed by atoms with E-state index < -0.39 is 0 Å². The fraction of sp³-hybridized carbons (Fsp3) is 0.333. The zero-order valence-corrected chi connectivity index (χ0v) is 9.16. The maximum atomic E-state index is 6.02. The molecule has 2 rings (SSSR count). The topological polar surface area (TPSA) is 9.23 Å². The van der Waals surface area contributed by atoms with Gasteiger partial charge in [0.1, 0.15) is 5.75 Å². The molecule has 0 fully saturated rings. The molecule has 0 radical (unpaired) electrons. The number of rotatable bonds is 0. The van der Waals surface area contributed by atoms with E-state index in [1.54, 1.807) is 12.1 Å². The van der Waals surface area contributed by atoms with Crippen LogP contribution < -0.4 is 4.74 Å². The Morgan fingerprint density at radius 1 is 1.31 bits per heavy atom. The average Bonchev–Trinajstić information content (AvgIpc) is 2.12. The molecule has 0 spiro atoms. The van der Waals surface area contributed by atoms with Gasteiger partial charge in [-0.15, -0.1) is 0 Å². The van der Waals surface area contributed by atoms with Crippen molar-refractivity contribution in [3.63, 3.8) is 0 Å². The highest BCUT2D eigenvalue weighted by Gasteiger charge is 2.23. The number of hydrogen-bond acceptors (Lipinski definition) is 2. The molecule has 1 unspecified atom stereocenters. The van der Waals surface area contributed by atoms with Gasteiger partial charge in [0.25, 0.3) is 0 Å². The summed E-state index contributed by atoms with van der Waals surface area (Å²) in [6.07, 6.45) is 0.871. The van der Waals surface area contributed by atoms with Crippen molar-refractivity contribution >= 4 is 35.8 Å².